The lowest BCUT2D eigenvalue weighted by atomic mass is 9.77. The number of nitrogens with one attached hydrogen (secondary N) is 2. The van der Waals surface area contributed by atoms with Crippen LogP contribution in [-0.4, -0.2) is 54.5 Å². The van der Waals surface area contributed by atoms with Crippen LogP contribution < -0.4 is 20.3 Å². The summed E-state index contributed by atoms with van der Waals surface area (Å²) in [6.45, 7) is 0.254. The number of phenolic OH excluding ortho intramolecular Hbond substituents is 1. The molecule has 2 aliphatic heterocycles. The molecular formula is C32H26N4O8. The van der Waals surface area contributed by atoms with Gasteiger partial charge < -0.3 is 30.1 Å². The van der Waals surface area contributed by atoms with E-state index in [0.717, 1.165) is 0 Å². The maximum absolute atomic E-state index is 13.0. The van der Waals surface area contributed by atoms with E-state index in [9.17, 15) is 29.6 Å². The number of likely N-dealkylation sites (N-methyl/N-ethyl adjacent to an activating group) is 1. The molecule has 0 radical (unpaired) electrons. The van der Waals surface area contributed by atoms with Crippen LogP contribution in [0.2, 0.25) is 0 Å². The van der Waals surface area contributed by atoms with Crippen molar-refractivity contribution in [1.82, 2.24) is 10.6 Å². The van der Waals surface area contributed by atoms with Gasteiger partial charge in [-0.25, -0.2) is 4.79 Å². The van der Waals surface area contributed by atoms with Crippen molar-refractivity contribution in [3.8, 4) is 17.2 Å². The Labute approximate surface area is 251 Å². The maximum atomic E-state index is 13.0. The molecule has 0 saturated heterocycles. The number of ether oxygens (including phenoxy) is 2. The van der Waals surface area contributed by atoms with Crippen molar-refractivity contribution >= 4 is 29.2 Å². The first-order valence-corrected chi connectivity index (χ1v) is 13.7. The standard InChI is InChI=1S/C32H26N4O8/c1-35(18-29(38)33-13-14-34-30(39)19-5-4-6-21(15-19)36(41)42)20-9-11-25-27(16-20)43-28-17-22(37)10-12-26(28)32(25)24-8-3-2-7-23(24)31(40)44-32/h2-12,15-17,37H,13-14,18H2,1H3,(H,33,38)(H,34,39). The number of nitro groups is 1. The number of rotatable bonds is 8. The Balaban J connectivity index is 1.14. The fourth-order valence-corrected chi connectivity index (χ4v) is 5.49. The molecule has 0 aliphatic carbocycles. The smallest absolute Gasteiger partial charge is 0.340 e. The van der Waals surface area contributed by atoms with E-state index in [1.165, 1.54) is 36.4 Å². The van der Waals surface area contributed by atoms with Crippen LogP contribution in [0.4, 0.5) is 11.4 Å². The number of carbonyl (C=O) groups is 3. The Morgan fingerprint density at radius 2 is 1.64 bits per heavy atom. The summed E-state index contributed by atoms with van der Waals surface area (Å²) >= 11 is 0. The molecule has 3 N–H and O–H groups in total. The lowest BCUT2D eigenvalue weighted by molar-refractivity contribution is -0.384. The van der Waals surface area contributed by atoms with E-state index in [2.05, 4.69) is 10.6 Å². The lowest BCUT2D eigenvalue weighted by Gasteiger charge is -2.37. The molecule has 1 spiro atoms. The Morgan fingerprint density at radius 1 is 0.909 bits per heavy atom. The first kappa shape index (κ1) is 28.2. The van der Waals surface area contributed by atoms with E-state index in [1.807, 2.05) is 12.1 Å². The number of phenols is 1. The number of nitrogens with zero attached hydrogens (tertiary/aromatic N) is 2. The highest BCUT2D eigenvalue weighted by atomic mass is 16.6. The summed E-state index contributed by atoms with van der Waals surface area (Å²) < 4.78 is 12.3. The van der Waals surface area contributed by atoms with Crippen LogP contribution in [0.5, 0.6) is 17.2 Å². The summed E-state index contributed by atoms with van der Waals surface area (Å²) in [7, 11) is 1.73. The SMILES string of the molecule is CN(CC(=O)NCCNC(=O)c1cccc([N+](=O)[O-])c1)c1ccc2c(c1)Oc1cc(O)ccc1C21OC(=O)c2ccccc21. The minimum Gasteiger partial charge on any atom is -0.508 e. The van der Waals surface area contributed by atoms with Crippen molar-refractivity contribution in [2.45, 2.75) is 5.60 Å². The van der Waals surface area contributed by atoms with Crippen LogP contribution >= 0.6 is 0 Å². The molecule has 2 heterocycles. The number of non-ortho nitro benzene ring substituents is 1. The first-order chi connectivity index (χ1) is 21.2. The number of aromatic hydroxyl groups is 1. The Bertz CT molecular complexity index is 1840. The molecular weight excluding hydrogens is 568 g/mol. The monoisotopic (exact) mass is 594 g/mol. The molecule has 1 atom stereocenters. The number of nitro benzene ring substituents is 1. The minimum absolute atomic E-state index is 0.00817. The topological polar surface area (TPSA) is 160 Å². The number of benzene rings is 4. The van der Waals surface area contributed by atoms with Gasteiger partial charge in [-0.05, 0) is 36.4 Å². The van der Waals surface area contributed by atoms with Crippen molar-refractivity contribution in [1.29, 1.82) is 0 Å². The third kappa shape index (κ3) is 4.91. The maximum Gasteiger partial charge on any atom is 0.340 e. The Kier molecular flexibility index (Phi) is 7.09. The lowest BCUT2D eigenvalue weighted by Crippen LogP contribution is -2.39. The van der Waals surface area contributed by atoms with E-state index >= 15 is 0 Å². The number of hydrogen-bond donors (Lipinski definition) is 3. The zero-order valence-electron chi connectivity index (χ0n) is 23.4. The van der Waals surface area contributed by atoms with Gasteiger partial charge in [-0.2, -0.15) is 0 Å². The molecule has 0 fully saturated rings. The molecule has 12 nitrogen and oxygen atoms in total. The predicted octanol–water partition coefficient (Wildman–Crippen LogP) is 3.85. The quantitative estimate of drug-likeness (QED) is 0.119. The number of hydrogen-bond acceptors (Lipinski definition) is 9. The van der Waals surface area contributed by atoms with Gasteiger partial charge in [0.05, 0.1) is 17.0 Å². The van der Waals surface area contributed by atoms with Crippen molar-refractivity contribution in [2.24, 2.45) is 0 Å². The van der Waals surface area contributed by atoms with E-state index in [0.29, 0.717) is 39.4 Å². The van der Waals surface area contributed by atoms with Crippen molar-refractivity contribution in [2.75, 3.05) is 31.6 Å². The summed E-state index contributed by atoms with van der Waals surface area (Å²) in [4.78, 5) is 50.0. The van der Waals surface area contributed by atoms with E-state index in [1.54, 1.807) is 48.3 Å². The number of anilines is 1. The fraction of sp³-hybridized carbons (Fsp3) is 0.156. The highest BCUT2D eigenvalue weighted by Gasteiger charge is 2.53. The van der Waals surface area contributed by atoms with Gasteiger partial charge in [-0.15, -0.1) is 0 Å². The average Bonchev–Trinajstić information content (AvgIpc) is 3.31. The zero-order chi connectivity index (χ0) is 31.0. The largest absolute Gasteiger partial charge is 0.508 e. The molecule has 1 unspecified atom stereocenters. The second-order valence-corrected chi connectivity index (χ2v) is 10.3. The molecule has 0 aromatic heterocycles. The van der Waals surface area contributed by atoms with Crippen LogP contribution in [0.15, 0.2) is 84.9 Å². The van der Waals surface area contributed by atoms with E-state index in [-0.39, 0.29) is 42.5 Å². The van der Waals surface area contributed by atoms with Gasteiger partial charge in [0.1, 0.15) is 17.2 Å². The molecule has 2 aliphatic rings. The van der Waals surface area contributed by atoms with Crippen LogP contribution in [0.3, 0.4) is 0 Å². The predicted molar refractivity (Wildman–Crippen MR) is 158 cm³/mol. The van der Waals surface area contributed by atoms with Crippen LogP contribution in [0.25, 0.3) is 0 Å². The molecule has 0 saturated carbocycles. The van der Waals surface area contributed by atoms with Gasteiger partial charge in [0.25, 0.3) is 11.6 Å². The van der Waals surface area contributed by atoms with Gasteiger partial charge in [0.2, 0.25) is 5.91 Å². The third-order valence-corrected chi connectivity index (χ3v) is 7.55. The summed E-state index contributed by atoms with van der Waals surface area (Å²) in [6.07, 6.45) is 0. The number of amides is 2. The second kappa shape index (κ2) is 11.1. The molecule has 222 valence electrons. The van der Waals surface area contributed by atoms with E-state index in [4.69, 9.17) is 9.47 Å². The highest BCUT2D eigenvalue weighted by Crippen LogP contribution is 2.56. The van der Waals surface area contributed by atoms with Crippen LogP contribution in [-0.2, 0) is 15.1 Å². The van der Waals surface area contributed by atoms with Gasteiger partial charge in [0, 0.05) is 72.3 Å². The van der Waals surface area contributed by atoms with Crippen molar-refractivity contribution in [3.63, 3.8) is 0 Å². The molecule has 12 heteroatoms. The summed E-state index contributed by atoms with van der Waals surface area (Å²) in [6, 6.07) is 22.5. The summed E-state index contributed by atoms with van der Waals surface area (Å²) in [5.74, 6) is -0.524. The molecule has 44 heavy (non-hydrogen) atoms. The van der Waals surface area contributed by atoms with Gasteiger partial charge in [-0.1, -0.05) is 24.3 Å². The molecule has 4 aromatic rings. The zero-order valence-corrected chi connectivity index (χ0v) is 23.4. The third-order valence-electron chi connectivity index (χ3n) is 7.55. The normalized spacial score (nSPS) is 15.7. The molecule has 2 amide bonds. The van der Waals surface area contributed by atoms with Crippen molar-refractivity contribution < 1.29 is 33.9 Å². The number of fused-ring (bicyclic) bond motifs is 6. The Hall–Kier alpha value is -5.91. The number of carbonyl (C=O) groups excluding carboxylic acids is 3. The minimum atomic E-state index is -1.27. The summed E-state index contributed by atoms with van der Waals surface area (Å²) in [5, 5.41) is 26.5. The van der Waals surface area contributed by atoms with Crippen LogP contribution in [0, 0.1) is 10.1 Å². The Morgan fingerprint density at radius 3 is 2.43 bits per heavy atom. The molecule has 4 aromatic carbocycles. The van der Waals surface area contributed by atoms with E-state index < -0.39 is 22.4 Å². The van der Waals surface area contributed by atoms with Crippen LogP contribution in [0.1, 0.15) is 37.4 Å². The molecule has 0 bridgehead atoms. The van der Waals surface area contributed by atoms with Crippen molar-refractivity contribution in [3.05, 3.63) is 123 Å². The summed E-state index contributed by atoms with van der Waals surface area (Å²) in [5.41, 5.74) is 1.64. The second-order valence-electron chi connectivity index (χ2n) is 10.3. The fourth-order valence-electron chi connectivity index (χ4n) is 5.49. The highest BCUT2D eigenvalue weighted by molar-refractivity contribution is 5.97. The van der Waals surface area contributed by atoms with Gasteiger partial charge >= 0.3 is 5.97 Å². The average molecular weight is 595 g/mol. The number of esters is 1. The van der Waals surface area contributed by atoms with Gasteiger partial charge in [-0.3, -0.25) is 19.7 Å². The molecule has 6 rings (SSSR count). The van der Waals surface area contributed by atoms with Gasteiger partial charge in [0.15, 0.2) is 5.60 Å². The first-order valence-electron chi connectivity index (χ1n) is 13.7.